The maximum atomic E-state index is 10.5. The summed E-state index contributed by atoms with van der Waals surface area (Å²) in [5, 5.41) is 13.2. The van der Waals surface area contributed by atoms with E-state index < -0.39 is 4.92 Å². The van der Waals surface area contributed by atoms with Crippen LogP contribution in [0, 0.1) is 10.1 Å². The average Bonchev–Trinajstić information content (AvgIpc) is 2.26. The molecule has 1 aromatic rings. The van der Waals surface area contributed by atoms with Gasteiger partial charge in [0.1, 0.15) is 5.70 Å². The van der Waals surface area contributed by atoms with E-state index >= 15 is 0 Å². The number of allylic oxidation sites excluding steroid dienone is 1. The summed E-state index contributed by atoms with van der Waals surface area (Å²) < 4.78 is 0. The van der Waals surface area contributed by atoms with E-state index in [1.807, 2.05) is 6.07 Å². The van der Waals surface area contributed by atoms with Gasteiger partial charge in [-0.15, -0.1) is 0 Å². The molecule has 0 unspecified atom stereocenters. The summed E-state index contributed by atoms with van der Waals surface area (Å²) in [5.74, 6) is -0.360. The Hall–Kier alpha value is -2.11. The van der Waals surface area contributed by atoms with Crippen molar-refractivity contribution in [2.24, 2.45) is 5.73 Å². The summed E-state index contributed by atoms with van der Waals surface area (Å²) in [6.45, 7) is 0. The summed E-state index contributed by atoms with van der Waals surface area (Å²) in [5.41, 5.74) is 6.57. The van der Waals surface area contributed by atoms with Crippen molar-refractivity contribution >= 4 is 0 Å². The Morgan fingerprint density at radius 3 is 2.93 bits per heavy atom. The molecule has 0 spiro atoms. The van der Waals surface area contributed by atoms with Gasteiger partial charge in [-0.3, -0.25) is 10.7 Å². The van der Waals surface area contributed by atoms with E-state index in [-0.39, 0.29) is 5.82 Å². The Morgan fingerprint density at radius 2 is 2.47 bits per heavy atom. The topological polar surface area (TPSA) is 94.1 Å². The van der Waals surface area contributed by atoms with Crippen LogP contribution in [0.2, 0.25) is 0 Å². The normalized spacial score (nSPS) is 11.8. The number of rotatable bonds is 4. The lowest BCUT2D eigenvalue weighted by atomic mass is 10.1. The van der Waals surface area contributed by atoms with Crippen LogP contribution in [0.3, 0.4) is 0 Å². The van der Waals surface area contributed by atoms with E-state index in [1.54, 1.807) is 25.5 Å². The van der Waals surface area contributed by atoms with Gasteiger partial charge in [-0.25, -0.2) is 0 Å². The van der Waals surface area contributed by atoms with Crippen LogP contribution < -0.4 is 11.1 Å². The van der Waals surface area contributed by atoms with Crippen molar-refractivity contribution in [3.8, 4) is 0 Å². The quantitative estimate of drug-likeness (QED) is 0.546. The summed E-state index contributed by atoms with van der Waals surface area (Å²) in [6, 6.07) is 3.60. The van der Waals surface area contributed by atoms with Crippen LogP contribution in [0.5, 0.6) is 0 Å². The standard InChI is InChI=1S/C9H12N4O2/c1-11-8(9(10)13(14)15)5-7-3-2-4-12-6-7/h2-4,6,11H,5,10H2,1H3. The van der Waals surface area contributed by atoms with E-state index in [9.17, 15) is 10.1 Å². The maximum Gasteiger partial charge on any atom is 0.333 e. The molecule has 3 N–H and O–H groups in total. The first kappa shape index (κ1) is 11.0. The number of nitrogens with two attached hydrogens (primary N) is 1. The molecule has 0 radical (unpaired) electrons. The van der Waals surface area contributed by atoms with E-state index in [2.05, 4.69) is 10.3 Å². The van der Waals surface area contributed by atoms with Gasteiger partial charge in [0.15, 0.2) is 0 Å². The Kier molecular flexibility index (Phi) is 3.61. The highest BCUT2D eigenvalue weighted by atomic mass is 16.6. The van der Waals surface area contributed by atoms with Gasteiger partial charge in [0.05, 0.1) is 0 Å². The Morgan fingerprint density at radius 1 is 1.73 bits per heavy atom. The van der Waals surface area contributed by atoms with Crippen molar-refractivity contribution in [2.75, 3.05) is 7.05 Å². The highest BCUT2D eigenvalue weighted by Gasteiger charge is 2.10. The first-order valence-electron chi connectivity index (χ1n) is 4.34. The van der Waals surface area contributed by atoms with Gasteiger partial charge in [-0.1, -0.05) is 6.07 Å². The smallest absolute Gasteiger partial charge is 0.333 e. The number of aromatic nitrogens is 1. The first-order chi connectivity index (χ1) is 7.15. The van der Waals surface area contributed by atoms with Gasteiger partial charge in [-0.05, 0) is 16.6 Å². The van der Waals surface area contributed by atoms with E-state index in [0.29, 0.717) is 12.1 Å². The minimum absolute atomic E-state index is 0.360. The molecular weight excluding hydrogens is 196 g/mol. The molecular formula is C9H12N4O2. The molecule has 6 nitrogen and oxygen atoms in total. The first-order valence-corrected chi connectivity index (χ1v) is 4.34. The zero-order valence-electron chi connectivity index (χ0n) is 8.30. The highest BCUT2D eigenvalue weighted by molar-refractivity contribution is 5.18. The third kappa shape index (κ3) is 2.94. The van der Waals surface area contributed by atoms with Gasteiger partial charge in [0, 0.05) is 25.9 Å². The number of likely N-dealkylation sites (N-methyl/N-ethyl adjacent to an activating group) is 1. The van der Waals surface area contributed by atoms with Crippen molar-refractivity contribution in [3.05, 3.63) is 51.7 Å². The summed E-state index contributed by atoms with van der Waals surface area (Å²) >= 11 is 0. The van der Waals surface area contributed by atoms with Gasteiger partial charge in [0.2, 0.25) is 0 Å². The second kappa shape index (κ2) is 4.94. The fourth-order valence-electron chi connectivity index (χ4n) is 1.12. The molecule has 0 aromatic carbocycles. The maximum absolute atomic E-state index is 10.5. The number of pyridine rings is 1. The molecule has 0 aliphatic heterocycles. The van der Waals surface area contributed by atoms with Gasteiger partial charge < -0.3 is 15.4 Å². The highest BCUT2D eigenvalue weighted by Crippen LogP contribution is 2.06. The van der Waals surface area contributed by atoms with Crippen LogP contribution >= 0.6 is 0 Å². The number of nitro groups is 1. The van der Waals surface area contributed by atoms with Crippen molar-refractivity contribution in [3.63, 3.8) is 0 Å². The molecule has 6 heteroatoms. The fourth-order valence-corrected chi connectivity index (χ4v) is 1.12. The molecule has 1 heterocycles. The Bertz CT molecular complexity index is 375. The fraction of sp³-hybridized carbons (Fsp3) is 0.222. The second-order valence-electron chi connectivity index (χ2n) is 2.91. The molecule has 0 saturated carbocycles. The Balaban J connectivity index is 2.88. The van der Waals surface area contributed by atoms with Crippen LogP contribution in [0.25, 0.3) is 0 Å². The second-order valence-corrected chi connectivity index (χ2v) is 2.91. The third-order valence-electron chi connectivity index (χ3n) is 1.91. The largest absolute Gasteiger partial charge is 0.384 e. The summed E-state index contributed by atoms with van der Waals surface area (Å²) in [4.78, 5) is 13.8. The van der Waals surface area contributed by atoms with Gasteiger partial charge >= 0.3 is 5.82 Å². The van der Waals surface area contributed by atoms with Crippen LogP contribution in [0.1, 0.15) is 5.56 Å². The molecule has 0 saturated heterocycles. The van der Waals surface area contributed by atoms with Gasteiger partial charge in [-0.2, -0.15) is 0 Å². The average molecular weight is 208 g/mol. The van der Waals surface area contributed by atoms with Gasteiger partial charge in [0.25, 0.3) is 0 Å². The number of hydrogen-bond acceptors (Lipinski definition) is 5. The SMILES string of the molecule is CNC(Cc1cccnc1)=C(N)[N+](=O)[O-]. The van der Waals surface area contributed by atoms with E-state index in [4.69, 9.17) is 5.73 Å². The Labute approximate surface area is 87.0 Å². The van der Waals surface area contributed by atoms with Crippen molar-refractivity contribution in [1.29, 1.82) is 0 Å². The van der Waals surface area contributed by atoms with Crippen LogP contribution in [-0.4, -0.2) is 17.0 Å². The third-order valence-corrected chi connectivity index (χ3v) is 1.91. The molecule has 0 bridgehead atoms. The lowest BCUT2D eigenvalue weighted by molar-refractivity contribution is -0.428. The number of nitrogens with zero attached hydrogens (tertiary/aromatic N) is 2. The lowest BCUT2D eigenvalue weighted by Crippen LogP contribution is -2.21. The molecule has 0 fully saturated rings. The zero-order valence-corrected chi connectivity index (χ0v) is 8.30. The summed E-state index contributed by atoms with van der Waals surface area (Å²) in [7, 11) is 1.60. The molecule has 0 amide bonds. The van der Waals surface area contributed by atoms with Crippen LogP contribution in [0.15, 0.2) is 36.0 Å². The zero-order chi connectivity index (χ0) is 11.3. The van der Waals surface area contributed by atoms with Crippen molar-refractivity contribution in [2.45, 2.75) is 6.42 Å². The molecule has 0 aliphatic carbocycles. The lowest BCUT2D eigenvalue weighted by Gasteiger charge is -2.06. The van der Waals surface area contributed by atoms with E-state index in [0.717, 1.165) is 5.56 Å². The molecule has 0 aliphatic rings. The molecule has 1 aromatic heterocycles. The predicted octanol–water partition coefficient (Wildman–Crippen LogP) is 0.248. The van der Waals surface area contributed by atoms with E-state index in [1.165, 1.54) is 0 Å². The van der Waals surface area contributed by atoms with Crippen molar-refractivity contribution < 1.29 is 4.92 Å². The monoisotopic (exact) mass is 208 g/mol. The molecule has 1 rings (SSSR count). The minimum Gasteiger partial charge on any atom is -0.384 e. The molecule has 15 heavy (non-hydrogen) atoms. The molecule has 80 valence electrons. The van der Waals surface area contributed by atoms with Crippen molar-refractivity contribution in [1.82, 2.24) is 10.3 Å². The predicted molar refractivity (Wildman–Crippen MR) is 55.2 cm³/mol. The minimum atomic E-state index is -0.609. The van der Waals surface area contributed by atoms with Crippen LogP contribution in [-0.2, 0) is 6.42 Å². The molecule has 0 atom stereocenters. The number of nitrogens with one attached hydrogen (secondary N) is 1. The van der Waals surface area contributed by atoms with Crippen LogP contribution in [0.4, 0.5) is 0 Å². The summed E-state index contributed by atoms with van der Waals surface area (Å²) in [6.07, 6.45) is 3.66. The number of hydrogen-bond donors (Lipinski definition) is 2.